The van der Waals surface area contributed by atoms with Crippen LogP contribution in [-0.4, -0.2) is 43.0 Å². The number of nitro groups is 1. The molecule has 21 heavy (non-hydrogen) atoms. The third-order valence-corrected chi connectivity index (χ3v) is 4.39. The van der Waals surface area contributed by atoms with Gasteiger partial charge in [-0.15, -0.1) is 10.2 Å². The number of aromatic nitrogens is 4. The van der Waals surface area contributed by atoms with Gasteiger partial charge in [0, 0.05) is 0 Å². The van der Waals surface area contributed by atoms with Crippen molar-refractivity contribution in [2.45, 2.75) is 11.3 Å². The number of imidazole rings is 1. The smallest absolute Gasteiger partial charge is 0.342 e. The fourth-order valence-electron chi connectivity index (χ4n) is 1.45. The first-order chi connectivity index (χ1) is 10.0. The quantitative estimate of drug-likeness (QED) is 0.339. The Bertz CT molecular complexity index is 668. The number of hydrogen-bond donors (Lipinski definition) is 0. The number of ether oxygens (including phenoxy) is 1. The van der Waals surface area contributed by atoms with Crippen molar-refractivity contribution in [2.75, 3.05) is 12.4 Å². The lowest BCUT2D eigenvalue weighted by Gasteiger charge is -1.98. The standard InChI is InChI=1S/C10H11N5O4S2/c1-3-19-7(16)5-20-10-13-12-9(21-10)8-11-4-6(14(8)2)15(17)18/h4H,3,5H2,1-2H3. The molecule has 0 aromatic carbocycles. The highest BCUT2D eigenvalue weighted by molar-refractivity contribution is 8.01. The number of hydrogen-bond acceptors (Lipinski definition) is 9. The zero-order valence-electron chi connectivity index (χ0n) is 11.2. The first-order valence-electron chi connectivity index (χ1n) is 5.81. The maximum absolute atomic E-state index is 11.2. The third kappa shape index (κ3) is 3.55. The molecule has 9 nitrogen and oxygen atoms in total. The van der Waals surface area contributed by atoms with E-state index >= 15 is 0 Å². The fourth-order valence-corrected chi connectivity index (χ4v) is 3.13. The van der Waals surface area contributed by atoms with Crippen LogP contribution in [0.2, 0.25) is 0 Å². The van der Waals surface area contributed by atoms with Gasteiger partial charge in [-0.25, -0.2) is 9.55 Å². The molecule has 0 aliphatic heterocycles. The lowest BCUT2D eigenvalue weighted by Crippen LogP contribution is -2.06. The molecule has 0 spiro atoms. The van der Waals surface area contributed by atoms with E-state index in [9.17, 15) is 14.9 Å². The Kier molecular flexibility index (Phi) is 4.85. The Morgan fingerprint density at radius 3 is 2.95 bits per heavy atom. The molecular weight excluding hydrogens is 318 g/mol. The predicted molar refractivity (Wildman–Crippen MR) is 76.1 cm³/mol. The molecule has 0 saturated heterocycles. The van der Waals surface area contributed by atoms with Gasteiger partial charge < -0.3 is 14.9 Å². The van der Waals surface area contributed by atoms with Crippen molar-refractivity contribution >= 4 is 34.9 Å². The van der Waals surface area contributed by atoms with Gasteiger partial charge in [0.05, 0.1) is 19.4 Å². The normalized spacial score (nSPS) is 10.6. The summed E-state index contributed by atoms with van der Waals surface area (Å²) < 4.78 is 6.72. The highest BCUT2D eigenvalue weighted by Gasteiger charge is 2.21. The van der Waals surface area contributed by atoms with Gasteiger partial charge in [-0.05, 0) is 11.8 Å². The second-order valence-electron chi connectivity index (χ2n) is 3.72. The van der Waals surface area contributed by atoms with Crippen LogP contribution in [0.15, 0.2) is 10.5 Å². The summed E-state index contributed by atoms with van der Waals surface area (Å²) in [5, 5.41) is 19.1. The molecule has 0 bridgehead atoms. The van der Waals surface area contributed by atoms with E-state index in [1.165, 1.54) is 40.9 Å². The van der Waals surface area contributed by atoms with E-state index in [-0.39, 0.29) is 17.5 Å². The lowest BCUT2D eigenvalue weighted by molar-refractivity contribution is -0.391. The van der Waals surface area contributed by atoms with Crippen LogP contribution in [0.5, 0.6) is 0 Å². The summed E-state index contributed by atoms with van der Waals surface area (Å²) in [4.78, 5) is 25.5. The minimum Gasteiger partial charge on any atom is -0.465 e. The first-order valence-corrected chi connectivity index (χ1v) is 7.61. The average Bonchev–Trinajstić information content (AvgIpc) is 3.03. The van der Waals surface area contributed by atoms with Crippen molar-refractivity contribution in [2.24, 2.45) is 7.05 Å². The molecule has 2 aromatic rings. The molecule has 0 radical (unpaired) electrons. The van der Waals surface area contributed by atoms with Gasteiger partial charge in [0.2, 0.25) is 5.01 Å². The second kappa shape index (κ2) is 6.63. The van der Waals surface area contributed by atoms with Crippen molar-refractivity contribution < 1.29 is 14.5 Å². The highest BCUT2D eigenvalue weighted by atomic mass is 32.2. The summed E-state index contributed by atoms with van der Waals surface area (Å²) in [5.41, 5.74) is 0. The summed E-state index contributed by atoms with van der Waals surface area (Å²) >= 11 is 2.41. The van der Waals surface area contributed by atoms with Crippen molar-refractivity contribution in [3.63, 3.8) is 0 Å². The number of carbonyl (C=O) groups is 1. The van der Waals surface area contributed by atoms with E-state index in [0.29, 0.717) is 21.8 Å². The van der Waals surface area contributed by atoms with E-state index in [2.05, 4.69) is 15.2 Å². The molecule has 0 N–H and O–H groups in total. The molecule has 2 heterocycles. The van der Waals surface area contributed by atoms with Gasteiger partial charge in [0.25, 0.3) is 5.82 Å². The van der Waals surface area contributed by atoms with Crippen molar-refractivity contribution in [1.29, 1.82) is 0 Å². The molecule has 0 aliphatic carbocycles. The van der Waals surface area contributed by atoms with Crippen LogP contribution >= 0.6 is 23.1 Å². The summed E-state index contributed by atoms with van der Waals surface area (Å²) in [7, 11) is 1.54. The van der Waals surface area contributed by atoms with Crippen LogP contribution in [0.4, 0.5) is 5.82 Å². The highest BCUT2D eigenvalue weighted by Crippen LogP contribution is 2.30. The zero-order chi connectivity index (χ0) is 15.4. The Balaban J connectivity index is 2.09. The number of carbonyl (C=O) groups excluding carboxylic acids is 1. The molecule has 0 saturated carbocycles. The molecule has 0 aliphatic rings. The van der Waals surface area contributed by atoms with Gasteiger partial charge in [-0.1, -0.05) is 23.1 Å². The minimum atomic E-state index is -0.520. The first kappa shape index (κ1) is 15.4. The maximum Gasteiger partial charge on any atom is 0.342 e. The number of rotatable bonds is 6. The van der Waals surface area contributed by atoms with E-state index in [1.54, 1.807) is 6.92 Å². The molecule has 2 aromatic heterocycles. The summed E-state index contributed by atoms with van der Waals surface area (Å²) in [5.74, 6) is 0.0541. The summed E-state index contributed by atoms with van der Waals surface area (Å²) in [6, 6.07) is 0. The minimum absolute atomic E-state index is 0.124. The van der Waals surface area contributed by atoms with Crippen molar-refractivity contribution in [3.8, 4) is 10.8 Å². The molecule has 0 unspecified atom stereocenters. The van der Waals surface area contributed by atoms with Gasteiger partial charge >= 0.3 is 11.8 Å². The number of thioether (sulfide) groups is 1. The molecule has 112 valence electrons. The van der Waals surface area contributed by atoms with Crippen LogP contribution < -0.4 is 0 Å². The topological polar surface area (TPSA) is 113 Å². The summed E-state index contributed by atoms with van der Waals surface area (Å²) in [6.07, 6.45) is 1.17. The van der Waals surface area contributed by atoms with Crippen LogP contribution in [0.3, 0.4) is 0 Å². The Labute approximate surface area is 127 Å². The molecule has 0 fully saturated rings. The van der Waals surface area contributed by atoms with Crippen LogP contribution in [0.25, 0.3) is 10.8 Å². The van der Waals surface area contributed by atoms with Crippen LogP contribution in [-0.2, 0) is 16.6 Å². The van der Waals surface area contributed by atoms with E-state index in [4.69, 9.17) is 4.74 Å². The SMILES string of the molecule is CCOC(=O)CSc1nnc(-c2ncc([N+](=O)[O-])n2C)s1. The van der Waals surface area contributed by atoms with E-state index in [0.717, 1.165) is 0 Å². The van der Waals surface area contributed by atoms with Crippen LogP contribution in [0.1, 0.15) is 6.92 Å². The second-order valence-corrected chi connectivity index (χ2v) is 5.92. The van der Waals surface area contributed by atoms with Gasteiger partial charge in [0.15, 0.2) is 4.34 Å². The Hall–Kier alpha value is -2.01. The summed E-state index contributed by atoms with van der Waals surface area (Å²) in [6.45, 7) is 2.07. The zero-order valence-corrected chi connectivity index (χ0v) is 12.8. The van der Waals surface area contributed by atoms with Gasteiger partial charge in [0.1, 0.15) is 6.20 Å². The molecular formula is C10H11N5O4S2. The molecule has 11 heteroatoms. The predicted octanol–water partition coefficient (Wildman–Crippen LogP) is 1.50. The maximum atomic E-state index is 11.2. The van der Waals surface area contributed by atoms with Crippen LogP contribution in [0, 0.1) is 10.1 Å². The van der Waals surface area contributed by atoms with Gasteiger partial charge in [-0.2, -0.15) is 0 Å². The molecule has 0 atom stereocenters. The van der Waals surface area contributed by atoms with Crippen molar-refractivity contribution in [3.05, 3.63) is 16.3 Å². The number of esters is 1. The molecule has 2 rings (SSSR count). The Morgan fingerprint density at radius 1 is 1.57 bits per heavy atom. The van der Waals surface area contributed by atoms with E-state index < -0.39 is 4.92 Å². The largest absolute Gasteiger partial charge is 0.465 e. The number of nitrogens with zero attached hydrogens (tertiary/aromatic N) is 5. The monoisotopic (exact) mass is 329 g/mol. The van der Waals surface area contributed by atoms with Gasteiger partial charge in [-0.3, -0.25) is 4.79 Å². The lowest BCUT2D eigenvalue weighted by atomic mass is 10.6. The van der Waals surface area contributed by atoms with Crippen molar-refractivity contribution in [1.82, 2.24) is 19.7 Å². The van der Waals surface area contributed by atoms with E-state index in [1.807, 2.05) is 0 Å². The third-order valence-electron chi connectivity index (χ3n) is 2.37. The fraction of sp³-hybridized carbons (Fsp3) is 0.400. The average molecular weight is 329 g/mol. The Morgan fingerprint density at radius 2 is 2.33 bits per heavy atom. The molecule has 0 amide bonds.